The third kappa shape index (κ3) is 4.38. The van der Waals surface area contributed by atoms with Gasteiger partial charge in [-0.25, -0.2) is 4.39 Å². The lowest BCUT2D eigenvalue weighted by molar-refractivity contribution is -0.143. The van der Waals surface area contributed by atoms with Crippen LogP contribution in [0.15, 0.2) is 78.9 Å². The van der Waals surface area contributed by atoms with Crippen LogP contribution in [0, 0.1) is 12.7 Å². The van der Waals surface area contributed by atoms with Crippen LogP contribution >= 0.6 is 0 Å². The van der Waals surface area contributed by atoms with Crippen molar-refractivity contribution in [1.82, 2.24) is 9.80 Å². The molecule has 0 saturated carbocycles. The van der Waals surface area contributed by atoms with Gasteiger partial charge in [0, 0.05) is 26.2 Å². The van der Waals surface area contributed by atoms with Crippen LogP contribution in [-0.2, 0) is 17.9 Å². The summed E-state index contributed by atoms with van der Waals surface area (Å²) in [4.78, 5) is 17.7. The summed E-state index contributed by atoms with van der Waals surface area (Å²) in [5, 5.41) is 0. The highest BCUT2D eigenvalue weighted by molar-refractivity contribution is 5.84. The van der Waals surface area contributed by atoms with E-state index in [1.54, 1.807) is 6.07 Å². The van der Waals surface area contributed by atoms with Crippen molar-refractivity contribution in [2.75, 3.05) is 13.1 Å². The van der Waals surface area contributed by atoms with Gasteiger partial charge < -0.3 is 4.90 Å². The maximum absolute atomic E-state index is 13.7. The highest BCUT2D eigenvalue weighted by Crippen LogP contribution is 2.31. The quantitative estimate of drug-likeness (QED) is 0.631. The molecule has 3 aromatic rings. The molecule has 1 fully saturated rings. The zero-order valence-corrected chi connectivity index (χ0v) is 16.6. The van der Waals surface area contributed by atoms with Crippen LogP contribution in [0.25, 0.3) is 0 Å². The number of carbonyl (C=O) groups is 1. The summed E-state index contributed by atoms with van der Waals surface area (Å²) >= 11 is 0. The Morgan fingerprint density at radius 1 is 0.862 bits per heavy atom. The molecule has 148 valence electrons. The van der Waals surface area contributed by atoms with E-state index in [1.165, 1.54) is 17.7 Å². The first-order valence-corrected chi connectivity index (χ1v) is 9.98. The summed E-state index contributed by atoms with van der Waals surface area (Å²) in [6, 6.07) is 24.6. The Bertz CT molecular complexity index is 975. The van der Waals surface area contributed by atoms with Crippen LogP contribution < -0.4 is 0 Å². The number of amides is 1. The summed E-state index contributed by atoms with van der Waals surface area (Å²) in [6.45, 7) is 4.61. The number of carbonyl (C=O) groups excluding carboxylic acids is 1. The molecule has 0 unspecified atom stereocenters. The molecule has 4 rings (SSSR count). The summed E-state index contributed by atoms with van der Waals surface area (Å²) in [6.07, 6.45) is 0. The van der Waals surface area contributed by atoms with Crippen molar-refractivity contribution in [3.63, 3.8) is 0 Å². The second kappa shape index (κ2) is 8.58. The fourth-order valence-electron chi connectivity index (χ4n) is 4.04. The van der Waals surface area contributed by atoms with Gasteiger partial charge in [0.1, 0.15) is 11.9 Å². The lowest BCUT2D eigenvalue weighted by Crippen LogP contribution is -2.51. The molecular weight excluding hydrogens is 363 g/mol. The van der Waals surface area contributed by atoms with Crippen molar-refractivity contribution < 1.29 is 9.18 Å². The van der Waals surface area contributed by atoms with Crippen molar-refractivity contribution in [2.45, 2.75) is 26.1 Å². The molecule has 1 saturated heterocycles. The van der Waals surface area contributed by atoms with Gasteiger partial charge in [-0.3, -0.25) is 9.69 Å². The zero-order chi connectivity index (χ0) is 20.2. The van der Waals surface area contributed by atoms with Gasteiger partial charge >= 0.3 is 0 Å². The van der Waals surface area contributed by atoms with Gasteiger partial charge in [0.15, 0.2) is 0 Å². The minimum Gasteiger partial charge on any atom is -0.335 e. The number of aryl methyl sites for hydroxylation is 1. The maximum atomic E-state index is 13.7. The number of rotatable bonds is 5. The molecule has 1 aliphatic heterocycles. The second-order valence-electron chi connectivity index (χ2n) is 7.60. The molecule has 0 N–H and O–H groups in total. The number of hydrogen-bond acceptors (Lipinski definition) is 2. The molecule has 1 heterocycles. The molecular formula is C25H25FN2O. The SMILES string of the molecule is Cc1cc(F)ccc1[C@H]1C(=O)N(Cc2ccccc2)CCN1Cc1ccccc1. The fourth-order valence-corrected chi connectivity index (χ4v) is 4.04. The third-order valence-corrected chi connectivity index (χ3v) is 5.54. The van der Waals surface area contributed by atoms with Gasteiger partial charge in [0.2, 0.25) is 5.91 Å². The number of nitrogens with zero attached hydrogens (tertiary/aromatic N) is 2. The third-order valence-electron chi connectivity index (χ3n) is 5.54. The van der Waals surface area contributed by atoms with E-state index in [9.17, 15) is 9.18 Å². The summed E-state index contributed by atoms with van der Waals surface area (Å²) in [5.74, 6) is -0.198. The summed E-state index contributed by atoms with van der Waals surface area (Å²) in [5.41, 5.74) is 3.97. The van der Waals surface area contributed by atoms with Crippen molar-refractivity contribution in [1.29, 1.82) is 0 Å². The average Bonchev–Trinajstić information content (AvgIpc) is 2.73. The van der Waals surface area contributed by atoms with Gasteiger partial charge in [0.25, 0.3) is 0 Å². The van der Waals surface area contributed by atoms with Gasteiger partial charge in [-0.05, 0) is 41.3 Å². The lowest BCUT2D eigenvalue weighted by atomic mass is 9.96. The summed E-state index contributed by atoms with van der Waals surface area (Å²) in [7, 11) is 0. The Morgan fingerprint density at radius 3 is 2.10 bits per heavy atom. The number of piperazine rings is 1. The Balaban J connectivity index is 1.65. The zero-order valence-electron chi connectivity index (χ0n) is 16.6. The van der Waals surface area contributed by atoms with Gasteiger partial charge in [-0.1, -0.05) is 66.7 Å². The van der Waals surface area contributed by atoms with E-state index in [1.807, 2.05) is 60.4 Å². The van der Waals surface area contributed by atoms with Crippen LogP contribution in [-0.4, -0.2) is 28.8 Å². The standard InChI is InChI=1S/C25H25FN2O/c1-19-16-22(26)12-13-23(19)24-25(29)28(18-21-10-6-3-7-11-21)15-14-27(24)17-20-8-4-2-5-9-20/h2-13,16,24H,14-15,17-18H2,1H3/t24-/m0/s1. The smallest absolute Gasteiger partial charge is 0.244 e. The largest absolute Gasteiger partial charge is 0.335 e. The van der Waals surface area contributed by atoms with Crippen molar-refractivity contribution in [3.05, 3.63) is 107 Å². The molecule has 0 aromatic heterocycles. The molecule has 0 aliphatic carbocycles. The summed E-state index contributed by atoms with van der Waals surface area (Å²) < 4.78 is 13.7. The Labute approximate surface area is 171 Å². The normalized spacial score (nSPS) is 17.5. The predicted octanol–water partition coefficient (Wildman–Crippen LogP) is 4.72. The minimum absolute atomic E-state index is 0.0748. The molecule has 3 aromatic carbocycles. The Hall–Kier alpha value is -2.98. The fraction of sp³-hybridized carbons (Fsp3) is 0.240. The van der Waals surface area contributed by atoms with Gasteiger partial charge in [-0.15, -0.1) is 0 Å². The van der Waals surface area contributed by atoms with Crippen LogP contribution in [0.1, 0.15) is 28.3 Å². The molecule has 1 atom stereocenters. The van der Waals surface area contributed by atoms with E-state index in [0.717, 1.165) is 23.2 Å². The number of hydrogen-bond donors (Lipinski definition) is 0. The molecule has 4 heteroatoms. The number of benzene rings is 3. The van der Waals surface area contributed by atoms with E-state index in [2.05, 4.69) is 17.0 Å². The first kappa shape index (κ1) is 19.3. The predicted molar refractivity (Wildman–Crippen MR) is 113 cm³/mol. The Morgan fingerprint density at radius 2 is 1.48 bits per heavy atom. The molecule has 1 amide bonds. The first-order chi connectivity index (χ1) is 14.1. The first-order valence-electron chi connectivity index (χ1n) is 9.98. The van der Waals surface area contributed by atoms with Crippen LogP contribution in [0.2, 0.25) is 0 Å². The monoisotopic (exact) mass is 388 g/mol. The highest BCUT2D eigenvalue weighted by atomic mass is 19.1. The molecule has 0 bridgehead atoms. The van der Waals surface area contributed by atoms with E-state index in [0.29, 0.717) is 19.6 Å². The van der Waals surface area contributed by atoms with Crippen LogP contribution in [0.3, 0.4) is 0 Å². The Kier molecular flexibility index (Phi) is 5.72. The van der Waals surface area contributed by atoms with Crippen molar-refractivity contribution in [3.8, 4) is 0 Å². The molecule has 0 spiro atoms. The average molecular weight is 388 g/mol. The van der Waals surface area contributed by atoms with E-state index < -0.39 is 6.04 Å². The minimum atomic E-state index is -0.409. The topological polar surface area (TPSA) is 23.6 Å². The van der Waals surface area contributed by atoms with Crippen LogP contribution in [0.5, 0.6) is 0 Å². The van der Waals surface area contributed by atoms with Crippen molar-refractivity contribution in [2.24, 2.45) is 0 Å². The van der Waals surface area contributed by atoms with Gasteiger partial charge in [-0.2, -0.15) is 0 Å². The second-order valence-corrected chi connectivity index (χ2v) is 7.60. The molecule has 29 heavy (non-hydrogen) atoms. The van der Waals surface area contributed by atoms with Gasteiger partial charge in [0.05, 0.1) is 0 Å². The molecule has 3 nitrogen and oxygen atoms in total. The maximum Gasteiger partial charge on any atom is 0.244 e. The van der Waals surface area contributed by atoms with E-state index in [4.69, 9.17) is 0 Å². The molecule has 1 aliphatic rings. The number of halogens is 1. The lowest BCUT2D eigenvalue weighted by Gasteiger charge is -2.41. The van der Waals surface area contributed by atoms with E-state index in [-0.39, 0.29) is 11.7 Å². The van der Waals surface area contributed by atoms with Crippen LogP contribution in [0.4, 0.5) is 4.39 Å². The highest BCUT2D eigenvalue weighted by Gasteiger charge is 2.36. The van der Waals surface area contributed by atoms with Crippen molar-refractivity contribution >= 4 is 5.91 Å². The molecule has 0 radical (unpaired) electrons. The van der Waals surface area contributed by atoms with E-state index >= 15 is 0 Å².